The molecule has 0 radical (unpaired) electrons. The molecule has 0 saturated carbocycles. The van der Waals surface area contributed by atoms with Gasteiger partial charge < -0.3 is 9.64 Å². The summed E-state index contributed by atoms with van der Waals surface area (Å²) in [7, 11) is 3.13. The zero-order valence-electron chi connectivity index (χ0n) is 13.7. The number of esters is 1. The van der Waals surface area contributed by atoms with E-state index in [2.05, 4.69) is 5.10 Å². The summed E-state index contributed by atoms with van der Waals surface area (Å²) < 4.78 is 19.5. The molecule has 6 nitrogen and oxygen atoms in total. The minimum atomic E-state index is -0.947. The molecule has 1 aromatic heterocycles. The van der Waals surface area contributed by atoms with Crippen molar-refractivity contribution in [3.8, 4) is 5.69 Å². The van der Waals surface area contributed by atoms with Crippen molar-refractivity contribution >= 4 is 23.5 Å². The quantitative estimate of drug-likeness (QED) is 0.792. The van der Waals surface area contributed by atoms with Crippen LogP contribution in [0.5, 0.6) is 0 Å². The predicted molar refractivity (Wildman–Crippen MR) is 86.8 cm³/mol. The first-order chi connectivity index (χ1) is 11.2. The van der Waals surface area contributed by atoms with Gasteiger partial charge in [-0.3, -0.25) is 4.79 Å². The van der Waals surface area contributed by atoms with E-state index in [-0.39, 0.29) is 16.6 Å². The number of amides is 1. The van der Waals surface area contributed by atoms with Crippen molar-refractivity contribution in [2.24, 2.45) is 0 Å². The Morgan fingerprint density at radius 1 is 1.29 bits per heavy atom. The molecule has 0 unspecified atom stereocenters. The first-order valence-corrected chi connectivity index (χ1v) is 7.53. The van der Waals surface area contributed by atoms with Crippen LogP contribution in [0.3, 0.4) is 0 Å². The van der Waals surface area contributed by atoms with Gasteiger partial charge in [-0.25, -0.2) is 13.9 Å². The summed E-state index contributed by atoms with van der Waals surface area (Å²) in [5.74, 6) is -1.48. The zero-order valence-corrected chi connectivity index (χ0v) is 14.5. The summed E-state index contributed by atoms with van der Waals surface area (Å²) in [4.78, 5) is 25.5. The number of nitrogens with zero attached hydrogens (tertiary/aromatic N) is 3. The molecule has 1 atom stereocenters. The first-order valence-electron chi connectivity index (χ1n) is 7.15. The van der Waals surface area contributed by atoms with Crippen molar-refractivity contribution < 1.29 is 18.7 Å². The SMILES string of the molecule is Cc1nn(-c2ccc(F)cc2)c(Cl)c1C(=O)O[C@H](C)C(=O)N(C)C. The topological polar surface area (TPSA) is 64.4 Å². The minimum absolute atomic E-state index is 0.0358. The summed E-state index contributed by atoms with van der Waals surface area (Å²) in [6.45, 7) is 3.08. The lowest BCUT2D eigenvalue weighted by Gasteiger charge is -2.17. The second kappa shape index (κ2) is 7.00. The van der Waals surface area contributed by atoms with E-state index < -0.39 is 17.9 Å². The van der Waals surface area contributed by atoms with Crippen molar-refractivity contribution in [3.63, 3.8) is 0 Å². The van der Waals surface area contributed by atoms with Crippen molar-refractivity contribution in [1.29, 1.82) is 0 Å². The number of likely N-dealkylation sites (N-methyl/N-ethyl adjacent to an activating group) is 1. The molecule has 0 aliphatic carbocycles. The molecule has 0 N–H and O–H groups in total. The third-order valence-corrected chi connectivity index (χ3v) is 3.70. The van der Waals surface area contributed by atoms with E-state index in [0.717, 1.165) is 0 Å². The number of ether oxygens (including phenoxy) is 1. The maximum atomic E-state index is 13.0. The molecule has 0 fully saturated rings. The van der Waals surface area contributed by atoms with Gasteiger partial charge in [0, 0.05) is 14.1 Å². The fourth-order valence-electron chi connectivity index (χ4n) is 2.12. The normalized spacial score (nSPS) is 11.9. The molecule has 0 bridgehead atoms. The minimum Gasteiger partial charge on any atom is -0.449 e. The Hall–Kier alpha value is -2.41. The van der Waals surface area contributed by atoms with Crippen LogP contribution in [0.25, 0.3) is 5.69 Å². The van der Waals surface area contributed by atoms with Crippen molar-refractivity contribution in [2.75, 3.05) is 14.1 Å². The molecule has 0 aliphatic rings. The highest BCUT2D eigenvalue weighted by molar-refractivity contribution is 6.33. The second-order valence-electron chi connectivity index (χ2n) is 5.42. The number of aryl methyl sites for hydroxylation is 1. The van der Waals surface area contributed by atoms with Crippen LogP contribution in [0.15, 0.2) is 24.3 Å². The Bertz CT molecular complexity index is 772. The Morgan fingerprint density at radius 3 is 2.42 bits per heavy atom. The molecule has 0 saturated heterocycles. The molecule has 2 aromatic rings. The standard InChI is InChI=1S/C16H17ClFN3O3/c1-9-13(16(23)24-10(2)15(22)20(3)4)14(17)21(19-9)12-7-5-11(18)6-8-12/h5-8,10H,1-4H3/t10-/m1/s1. The molecule has 1 aromatic carbocycles. The van der Waals surface area contributed by atoms with E-state index >= 15 is 0 Å². The Morgan fingerprint density at radius 2 is 1.88 bits per heavy atom. The molecular formula is C16H17ClFN3O3. The maximum absolute atomic E-state index is 13.0. The lowest BCUT2D eigenvalue weighted by molar-refractivity contribution is -0.137. The van der Waals surface area contributed by atoms with Crippen LogP contribution in [-0.2, 0) is 9.53 Å². The van der Waals surface area contributed by atoms with E-state index in [1.165, 1.54) is 40.8 Å². The van der Waals surface area contributed by atoms with E-state index in [0.29, 0.717) is 11.4 Å². The highest BCUT2D eigenvalue weighted by Gasteiger charge is 2.26. The summed E-state index contributed by atoms with van der Waals surface area (Å²) in [6, 6.07) is 5.50. The monoisotopic (exact) mass is 353 g/mol. The second-order valence-corrected chi connectivity index (χ2v) is 5.78. The number of aromatic nitrogens is 2. The van der Waals surface area contributed by atoms with Crippen molar-refractivity contribution in [2.45, 2.75) is 20.0 Å². The van der Waals surface area contributed by atoms with Gasteiger partial charge in [0.05, 0.1) is 11.4 Å². The van der Waals surface area contributed by atoms with Gasteiger partial charge in [-0.15, -0.1) is 0 Å². The molecular weight excluding hydrogens is 337 g/mol. The maximum Gasteiger partial charge on any atom is 0.344 e. The van der Waals surface area contributed by atoms with Crippen LogP contribution in [-0.4, -0.2) is 46.8 Å². The van der Waals surface area contributed by atoms with Crippen molar-refractivity contribution in [1.82, 2.24) is 14.7 Å². The fourth-order valence-corrected chi connectivity index (χ4v) is 2.47. The number of hydrogen-bond acceptors (Lipinski definition) is 4. The van der Waals surface area contributed by atoms with Gasteiger partial charge in [0.2, 0.25) is 0 Å². The summed E-state index contributed by atoms with van der Waals surface area (Å²) in [6.07, 6.45) is -0.947. The van der Waals surface area contributed by atoms with Crippen LogP contribution in [0, 0.1) is 12.7 Å². The lowest BCUT2D eigenvalue weighted by atomic mass is 10.2. The first kappa shape index (κ1) is 17.9. The van der Waals surface area contributed by atoms with Crippen molar-refractivity contribution in [3.05, 3.63) is 46.5 Å². The number of rotatable bonds is 4. The molecule has 1 heterocycles. The third kappa shape index (κ3) is 3.56. The Kier molecular flexibility index (Phi) is 5.23. The van der Waals surface area contributed by atoms with E-state index in [1.807, 2.05) is 0 Å². The molecule has 128 valence electrons. The van der Waals surface area contributed by atoms with Crippen LogP contribution < -0.4 is 0 Å². The Labute approximate surface area is 143 Å². The number of halogens is 2. The summed E-state index contributed by atoms with van der Waals surface area (Å²) >= 11 is 6.23. The number of benzene rings is 1. The third-order valence-electron chi connectivity index (χ3n) is 3.35. The molecule has 0 spiro atoms. The number of carbonyl (C=O) groups excluding carboxylic acids is 2. The van der Waals surface area contributed by atoms with E-state index in [9.17, 15) is 14.0 Å². The van der Waals surface area contributed by atoms with Gasteiger partial charge in [-0.05, 0) is 38.1 Å². The molecule has 8 heteroatoms. The molecule has 1 amide bonds. The van der Waals surface area contributed by atoms with Crippen LogP contribution in [0.1, 0.15) is 23.0 Å². The molecule has 0 aliphatic heterocycles. The van der Waals surface area contributed by atoms with Gasteiger partial charge in [0.15, 0.2) is 6.10 Å². The largest absolute Gasteiger partial charge is 0.449 e. The summed E-state index contributed by atoms with van der Waals surface area (Å²) in [5.41, 5.74) is 0.916. The fraction of sp³-hybridized carbons (Fsp3) is 0.312. The molecule has 24 heavy (non-hydrogen) atoms. The van der Waals surface area contributed by atoms with Gasteiger partial charge in [-0.2, -0.15) is 5.10 Å². The number of hydrogen-bond donors (Lipinski definition) is 0. The molecule has 2 rings (SSSR count). The highest BCUT2D eigenvalue weighted by Crippen LogP contribution is 2.25. The zero-order chi connectivity index (χ0) is 18.0. The Balaban J connectivity index is 2.30. The lowest BCUT2D eigenvalue weighted by Crippen LogP contribution is -2.35. The smallest absolute Gasteiger partial charge is 0.344 e. The van der Waals surface area contributed by atoms with Crippen LogP contribution >= 0.6 is 11.6 Å². The average molecular weight is 354 g/mol. The van der Waals surface area contributed by atoms with E-state index in [1.54, 1.807) is 21.0 Å². The predicted octanol–water partition coefficient (Wildman–Crippen LogP) is 2.61. The average Bonchev–Trinajstić information content (AvgIpc) is 2.81. The summed E-state index contributed by atoms with van der Waals surface area (Å²) in [5, 5.41) is 4.22. The van der Waals surface area contributed by atoms with Gasteiger partial charge >= 0.3 is 5.97 Å². The van der Waals surface area contributed by atoms with Gasteiger partial charge in [0.25, 0.3) is 5.91 Å². The van der Waals surface area contributed by atoms with Crippen LogP contribution in [0.4, 0.5) is 4.39 Å². The number of carbonyl (C=O) groups is 2. The van der Waals surface area contributed by atoms with E-state index in [4.69, 9.17) is 16.3 Å². The van der Waals surface area contributed by atoms with Crippen LogP contribution in [0.2, 0.25) is 5.15 Å². The van der Waals surface area contributed by atoms with Gasteiger partial charge in [-0.1, -0.05) is 11.6 Å². The van der Waals surface area contributed by atoms with Gasteiger partial charge in [0.1, 0.15) is 16.5 Å². The highest BCUT2D eigenvalue weighted by atomic mass is 35.5.